The van der Waals surface area contributed by atoms with Gasteiger partial charge in [-0.05, 0) is 48.9 Å². The van der Waals surface area contributed by atoms with E-state index in [1.807, 2.05) is 0 Å². The summed E-state index contributed by atoms with van der Waals surface area (Å²) < 4.78 is 15.8. The van der Waals surface area contributed by atoms with Gasteiger partial charge in [0.25, 0.3) is 0 Å². The predicted octanol–water partition coefficient (Wildman–Crippen LogP) is 4.07. The lowest BCUT2D eigenvalue weighted by Crippen LogP contribution is -1.95. The van der Waals surface area contributed by atoms with Gasteiger partial charge in [0.15, 0.2) is 28.8 Å². The van der Waals surface area contributed by atoms with Crippen molar-refractivity contribution in [3.05, 3.63) is 52.6 Å². The standard InChI is InChI=1S/C18H15ClO5/c1-2-22-17-8-11(7-13(19)18(17)21)3-5-14(20)12-4-6-15-16(9-12)24-10-23-15/h3-9,21H,2,10H2,1H3. The van der Waals surface area contributed by atoms with Gasteiger partial charge in [0.1, 0.15) is 0 Å². The molecule has 0 aliphatic carbocycles. The molecule has 2 aromatic rings. The third kappa shape index (κ3) is 3.31. The Kier molecular flexibility index (Phi) is 4.62. The fourth-order valence-corrected chi connectivity index (χ4v) is 2.49. The van der Waals surface area contributed by atoms with Crippen LogP contribution in [0.1, 0.15) is 22.8 Å². The zero-order valence-corrected chi connectivity index (χ0v) is 13.7. The van der Waals surface area contributed by atoms with Gasteiger partial charge in [-0.25, -0.2) is 0 Å². The largest absolute Gasteiger partial charge is 0.503 e. The number of carbonyl (C=O) groups excluding carboxylic acids is 1. The van der Waals surface area contributed by atoms with E-state index in [1.165, 1.54) is 6.08 Å². The first-order valence-corrected chi connectivity index (χ1v) is 7.73. The van der Waals surface area contributed by atoms with Crippen LogP contribution in [0.2, 0.25) is 5.02 Å². The maximum absolute atomic E-state index is 12.3. The number of ether oxygens (including phenoxy) is 3. The minimum absolute atomic E-state index is 0.113. The van der Waals surface area contributed by atoms with Crippen molar-refractivity contribution >= 4 is 23.5 Å². The van der Waals surface area contributed by atoms with Gasteiger partial charge in [-0.3, -0.25) is 4.79 Å². The van der Waals surface area contributed by atoms with Crippen molar-refractivity contribution < 1.29 is 24.1 Å². The maximum atomic E-state index is 12.3. The number of phenolic OH excluding ortho intramolecular Hbond substituents is 1. The smallest absolute Gasteiger partial charge is 0.231 e. The Labute approximate surface area is 144 Å². The number of hydrogen-bond donors (Lipinski definition) is 1. The third-order valence-corrected chi connectivity index (χ3v) is 3.72. The van der Waals surface area contributed by atoms with Crippen LogP contribution in [0.15, 0.2) is 36.4 Å². The molecule has 24 heavy (non-hydrogen) atoms. The molecule has 5 nitrogen and oxygen atoms in total. The van der Waals surface area contributed by atoms with Crippen LogP contribution in [0.3, 0.4) is 0 Å². The normalized spacial score (nSPS) is 12.6. The van der Waals surface area contributed by atoms with E-state index in [9.17, 15) is 9.90 Å². The number of hydrogen-bond acceptors (Lipinski definition) is 5. The molecule has 0 saturated heterocycles. The van der Waals surface area contributed by atoms with Gasteiger partial charge >= 0.3 is 0 Å². The van der Waals surface area contributed by atoms with Gasteiger partial charge < -0.3 is 19.3 Å². The molecule has 0 radical (unpaired) electrons. The topological polar surface area (TPSA) is 65.0 Å². The molecule has 1 heterocycles. The molecule has 3 rings (SSSR count). The number of rotatable bonds is 5. The minimum atomic E-state index is -0.185. The molecule has 0 spiro atoms. The Morgan fingerprint density at radius 1 is 1.29 bits per heavy atom. The van der Waals surface area contributed by atoms with Crippen LogP contribution in [0.4, 0.5) is 0 Å². The fraction of sp³-hybridized carbons (Fsp3) is 0.167. The fourth-order valence-electron chi connectivity index (χ4n) is 2.27. The summed E-state index contributed by atoms with van der Waals surface area (Å²) >= 11 is 5.97. The quantitative estimate of drug-likeness (QED) is 0.653. The number of carbonyl (C=O) groups is 1. The zero-order chi connectivity index (χ0) is 17.1. The van der Waals surface area contributed by atoms with Gasteiger partial charge in [0.05, 0.1) is 11.6 Å². The van der Waals surface area contributed by atoms with Crippen LogP contribution in [-0.4, -0.2) is 24.3 Å². The summed E-state index contributed by atoms with van der Waals surface area (Å²) in [6, 6.07) is 8.20. The second-order valence-electron chi connectivity index (χ2n) is 5.05. The first-order valence-electron chi connectivity index (χ1n) is 7.36. The van der Waals surface area contributed by atoms with Gasteiger partial charge in [-0.1, -0.05) is 17.7 Å². The van der Waals surface area contributed by atoms with Gasteiger partial charge in [-0.2, -0.15) is 0 Å². The summed E-state index contributed by atoms with van der Waals surface area (Å²) in [5.74, 6) is 1.16. The van der Waals surface area contributed by atoms with E-state index in [-0.39, 0.29) is 29.1 Å². The Balaban J connectivity index is 1.81. The van der Waals surface area contributed by atoms with E-state index in [1.54, 1.807) is 43.3 Å². The van der Waals surface area contributed by atoms with E-state index in [2.05, 4.69) is 0 Å². The highest BCUT2D eigenvalue weighted by atomic mass is 35.5. The third-order valence-electron chi connectivity index (χ3n) is 3.43. The molecule has 0 aromatic heterocycles. The molecule has 0 saturated carbocycles. The summed E-state index contributed by atoms with van der Waals surface area (Å²) in [6.45, 7) is 2.36. The molecule has 1 aliphatic heterocycles. The molecule has 0 bridgehead atoms. The number of halogens is 1. The van der Waals surface area contributed by atoms with Crippen molar-refractivity contribution in [2.75, 3.05) is 13.4 Å². The second-order valence-corrected chi connectivity index (χ2v) is 5.46. The molecular formula is C18H15ClO5. The number of fused-ring (bicyclic) bond motifs is 1. The molecule has 124 valence electrons. The molecule has 1 N–H and O–H groups in total. The van der Waals surface area contributed by atoms with Crippen LogP contribution in [0, 0.1) is 0 Å². The van der Waals surface area contributed by atoms with Crippen molar-refractivity contribution in [2.45, 2.75) is 6.92 Å². The highest BCUT2D eigenvalue weighted by Gasteiger charge is 2.15. The Bertz CT molecular complexity index is 813. The van der Waals surface area contributed by atoms with E-state index in [0.717, 1.165) is 0 Å². The highest BCUT2D eigenvalue weighted by Crippen LogP contribution is 2.36. The maximum Gasteiger partial charge on any atom is 0.231 e. The summed E-state index contributed by atoms with van der Waals surface area (Å²) in [5, 5.41) is 9.99. The van der Waals surface area contributed by atoms with E-state index in [4.69, 9.17) is 25.8 Å². The van der Waals surface area contributed by atoms with Crippen LogP contribution in [0.5, 0.6) is 23.0 Å². The number of ketones is 1. The lowest BCUT2D eigenvalue weighted by atomic mass is 10.1. The van der Waals surface area contributed by atoms with Gasteiger partial charge in [-0.15, -0.1) is 0 Å². The molecule has 0 atom stereocenters. The average Bonchev–Trinajstić information content (AvgIpc) is 3.04. The Morgan fingerprint density at radius 3 is 2.88 bits per heavy atom. The summed E-state index contributed by atoms with van der Waals surface area (Å²) in [6.07, 6.45) is 3.04. The van der Waals surface area contributed by atoms with Crippen LogP contribution >= 0.6 is 11.6 Å². The first kappa shape index (κ1) is 16.2. The molecule has 2 aromatic carbocycles. The van der Waals surface area contributed by atoms with Gasteiger partial charge in [0.2, 0.25) is 6.79 Å². The highest BCUT2D eigenvalue weighted by molar-refractivity contribution is 6.32. The van der Waals surface area contributed by atoms with Crippen molar-refractivity contribution in [3.8, 4) is 23.0 Å². The van der Waals surface area contributed by atoms with Crippen LogP contribution in [-0.2, 0) is 0 Å². The van der Waals surface area contributed by atoms with Crippen molar-refractivity contribution in [1.29, 1.82) is 0 Å². The molecular weight excluding hydrogens is 332 g/mol. The molecule has 0 amide bonds. The number of phenols is 1. The number of aromatic hydroxyl groups is 1. The monoisotopic (exact) mass is 346 g/mol. The zero-order valence-electron chi connectivity index (χ0n) is 12.9. The Morgan fingerprint density at radius 2 is 2.08 bits per heavy atom. The number of allylic oxidation sites excluding steroid dienone is 1. The summed E-state index contributed by atoms with van der Waals surface area (Å²) in [4.78, 5) is 12.3. The van der Waals surface area contributed by atoms with E-state index >= 15 is 0 Å². The molecule has 0 fully saturated rings. The number of benzene rings is 2. The molecule has 6 heteroatoms. The van der Waals surface area contributed by atoms with Crippen molar-refractivity contribution in [2.24, 2.45) is 0 Å². The van der Waals surface area contributed by atoms with Gasteiger partial charge in [0, 0.05) is 5.56 Å². The Hall–Kier alpha value is -2.66. The first-order chi connectivity index (χ1) is 11.6. The lowest BCUT2D eigenvalue weighted by Gasteiger charge is -2.08. The van der Waals surface area contributed by atoms with Crippen molar-refractivity contribution in [1.82, 2.24) is 0 Å². The summed E-state index contributed by atoms with van der Waals surface area (Å²) in [7, 11) is 0. The second kappa shape index (κ2) is 6.84. The lowest BCUT2D eigenvalue weighted by molar-refractivity contribution is 0.104. The predicted molar refractivity (Wildman–Crippen MR) is 90.2 cm³/mol. The molecule has 1 aliphatic rings. The SMILES string of the molecule is CCOc1cc(C=CC(=O)c2ccc3c(c2)OCO3)cc(Cl)c1O. The van der Waals surface area contributed by atoms with Crippen LogP contribution < -0.4 is 14.2 Å². The van der Waals surface area contributed by atoms with Crippen LogP contribution in [0.25, 0.3) is 6.08 Å². The summed E-state index contributed by atoms with van der Waals surface area (Å²) in [5.41, 5.74) is 1.14. The molecule has 0 unspecified atom stereocenters. The van der Waals surface area contributed by atoms with Crippen molar-refractivity contribution in [3.63, 3.8) is 0 Å². The van der Waals surface area contributed by atoms with E-state index < -0.39 is 0 Å². The van der Waals surface area contributed by atoms with E-state index in [0.29, 0.717) is 29.2 Å². The average molecular weight is 347 g/mol. The minimum Gasteiger partial charge on any atom is -0.503 e.